The second kappa shape index (κ2) is 6.21. The molecule has 3 heterocycles. The summed E-state index contributed by atoms with van der Waals surface area (Å²) in [4.78, 5) is 16.8. The number of pyridine rings is 1. The van der Waals surface area contributed by atoms with Crippen molar-refractivity contribution in [2.75, 3.05) is 0 Å². The number of rotatable bonds is 4. The maximum Gasteiger partial charge on any atom is 0.340 e. The highest BCUT2D eigenvalue weighted by atomic mass is 35.5. The van der Waals surface area contributed by atoms with Gasteiger partial charge in [-0.1, -0.05) is 16.1 Å². The molecule has 0 N–H and O–H groups in total. The lowest BCUT2D eigenvalue weighted by atomic mass is 10.2. The fourth-order valence-electron chi connectivity index (χ4n) is 2.15. The Morgan fingerprint density at radius 2 is 2.26 bits per heavy atom. The zero-order valence-electron chi connectivity index (χ0n) is 12.8. The van der Waals surface area contributed by atoms with E-state index in [4.69, 9.17) is 16.3 Å². The van der Waals surface area contributed by atoms with Crippen molar-refractivity contribution in [2.45, 2.75) is 33.4 Å². The van der Waals surface area contributed by atoms with Gasteiger partial charge < -0.3 is 4.74 Å². The largest absolute Gasteiger partial charge is 0.455 e. The number of carbonyl (C=O) groups excluding carboxylic acids is 1. The Morgan fingerprint density at radius 3 is 2.91 bits per heavy atom. The number of aryl methyl sites for hydroxylation is 1. The summed E-state index contributed by atoms with van der Waals surface area (Å²) < 4.78 is 11.2. The Hall–Kier alpha value is -2.06. The third kappa shape index (κ3) is 3.04. The van der Waals surface area contributed by atoms with Gasteiger partial charge in [0.2, 0.25) is 0 Å². The van der Waals surface area contributed by atoms with E-state index >= 15 is 0 Å². The molecular formula is C14H14ClN5O2S. The van der Waals surface area contributed by atoms with Crippen LogP contribution in [0.3, 0.4) is 0 Å². The van der Waals surface area contributed by atoms with Gasteiger partial charge in [-0.3, -0.25) is 0 Å². The molecule has 23 heavy (non-hydrogen) atoms. The summed E-state index contributed by atoms with van der Waals surface area (Å²) in [5.74, 6) is -0.474. The molecule has 120 valence electrons. The highest BCUT2D eigenvalue weighted by Gasteiger charge is 2.17. The maximum absolute atomic E-state index is 12.3. The fraction of sp³-hybridized carbons (Fsp3) is 0.357. The SMILES string of the molecule is Cc1nc2c(cnn2C(C)C)cc1C(=O)OCc1nnsc1Cl. The predicted octanol–water partition coefficient (Wildman–Crippen LogP) is 3.18. The zero-order chi connectivity index (χ0) is 16.6. The third-order valence-corrected chi connectivity index (χ3v) is 4.30. The number of hydrogen-bond acceptors (Lipinski definition) is 7. The van der Waals surface area contributed by atoms with Gasteiger partial charge in [-0.15, -0.1) is 5.10 Å². The van der Waals surface area contributed by atoms with E-state index in [1.165, 1.54) is 0 Å². The molecule has 0 unspecified atom stereocenters. The number of carbonyl (C=O) groups is 1. The Morgan fingerprint density at radius 1 is 1.48 bits per heavy atom. The van der Waals surface area contributed by atoms with Crippen LogP contribution in [0.5, 0.6) is 0 Å². The lowest BCUT2D eigenvalue weighted by Gasteiger charge is -2.09. The van der Waals surface area contributed by atoms with Crippen molar-refractivity contribution in [3.05, 3.63) is 33.6 Å². The smallest absolute Gasteiger partial charge is 0.340 e. The van der Waals surface area contributed by atoms with Crippen molar-refractivity contribution in [1.82, 2.24) is 24.4 Å². The van der Waals surface area contributed by atoms with E-state index in [0.717, 1.165) is 22.6 Å². The van der Waals surface area contributed by atoms with Crippen LogP contribution in [0.15, 0.2) is 12.3 Å². The molecule has 0 atom stereocenters. The van der Waals surface area contributed by atoms with Crippen molar-refractivity contribution in [2.24, 2.45) is 0 Å². The van der Waals surface area contributed by atoms with Crippen LogP contribution >= 0.6 is 23.1 Å². The topological polar surface area (TPSA) is 82.8 Å². The average Bonchev–Trinajstić information content (AvgIpc) is 3.09. The summed E-state index contributed by atoms with van der Waals surface area (Å²) in [5.41, 5.74) is 2.19. The minimum atomic E-state index is -0.474. The molecule has 3 aromatic rings. The zero-order valence-corrected chi connectivity index (χ0v) is 14.4. The number of halogens is 1. The molecule has 0 aliphatic carbocycles. The first kappa shape index (κ1) is 15.8. The van der Waals surface area contributed by atoms with Gasteiger partial charge in [0.25, 0.3) is 0 Å². The first-order chi connectivity index (χ1) is 11.0. The van der Waals surface area contributed by atoms with E-state index in [1.54, 1.807) is 19.2 Å². The van der Waals surface area contributed by atoms with Crippen molar-refractivity contribution in [1.29, 1.82) is 0 Å². The number of aromatic nitrogens is 5. The number of esters is 1. The van der Waals surface area contributed by atoms with E-state index in [0.29, 0.717) is 21.3 Å². The van der Waals surface area contributed by atoms with Gasteiger partial charge >= 0.3 is 5.97 Å². The highest BCUT2D eigenvalue weighted by Crippen LogP contribution is 2.21. The fourth-order valence-corrected chi connectivity index (χ4v) is 2.75. The molecule has 0 radical (unpaired) electrons. The van der Waals surface area contributed by atoms with Gasteiger partial charge in [0, 0.05) is 23.0 Å². The van der Waals surface area contributed by atoms with E-state index < -0.39 is 5.97 Å². The van der Waals surface area contributed by atoms with Crippen LogP contribution in [0.2, 0.25) is 4.34 Å². The molecular weight excluding hydrogens is 338 g/mol. The van der Waals surface area contributed by atoms with Crippen LogP contribution in [0.25, 0.3) is 11.0 Å². The second-order valence-corrected chi connectivity index (χ2v) is 6.64. The molecule has 0 amide bonds. The van der Waals surface area contributed by atoms with Crippen LogP contribution < -0.4 is 0 Å². The van der Waals surface area contributed by atoms with Gasteiger partial charge in [0.05, 0.1) is 17.5 Å². The summed E-state index contributed by atoms with van der Waals surface area (Å²) in [6.07, 6.45) is 1.69. The molecule has 0 aliphatic rings. The summed E-state index contributed by atoms with van der Waals surface area (Å²) in [5, 5.41) is 8.91. The average molecular weight is 352 g/mol. The van der Waals surface area contributed by atoms with Gasteiger partial charge in [-0.05, 0) is 26.8 Å². The molecule has 3 rings (SSSR count). The second-order valence-electron chi connectivity index (χ2n) is 5.29. The van der Waals surface area contributed by atoms with Crippen LogP contribution in [0, 0.1) is 6.92 Å². The third-order valence-electron chi connectivity index (χ3n) is 3.32. The van der Waals surface area contributed by atoms with Gasteiger partial charge in [-0.2, -0.15) is 5.10 Å². The van der Waals surface area contributed by atoms with Crippen molar-refractivity contribution in [3.63, 3.8) is 0 Å². The first-order valence-corrected chi connectivity index (χ1v) is 8.11. The molecule has 9 heteroatoms. The van der Waals surface area contributed by atoms with E-state index in [1.807, 2.05) is 18.5 Å². The minimum Gasteiger partial charge on any atom is -0.455 e. The van der Waals surface area contributed by atoms with Gasteiger partial charge in [0.1, 0.15) is 16.6 Å². The normalized spacial score (nSPS) is 11.3. The minimum absolute atomic E-state index is 0.0170. The van der Waals surface area contributed by atoms with Crippen molar-refractivity contribution < 1.29 is 9.53 Å². The summed E-state index contributed by atoms with van der Waals surface area (Å²) in [6, 6.07) is 1.93. The van der Waals surface area contributed by atoms with Crippen LogP contribution in [0.4, 0.5) is 0 Å². The molecule has 0 saturated heterocycles. The number of hydrogen-bond donors (Lipinski definition) is 0. The summed E-state index contributed by atoms with van der Waals surface area (Å²) in [7, 11) is 0. The Labute approximate surface area is 141 Å². The quantitative estimate of drug-likeness (QED) is 0.671. The standard InChI is InChI=1S/C14H14ClN5O2S/c1-7(2)20-13-9(5-16-20)4-10(8(3)17-13)14(21)22-6-11-12(15)23-19-18-11/h4-5,7H,6H2,1-3H3. The molecule has 0 saturated carbocycles. The first-order valence-electron chi connectivity index (χ1n) is 6.96. The lowest BCUT2D eigenvalue weighted by molar-refractivity contribution is 0.0466. The van der Waals surface area contributed by atoms with Crippen LogP contribution in [0.1, 0.15) is 41.6 Å². The van der Waals surface area contributed by atoms with Crippen molar-refractivity contribution >= 4 is 40.1 Å². The van der Waals surface area contributed by atoms with Crippen molar-refractivity contribution in [3.8, 4) is 0 Å². The number of ether oxygens (including phenoxy) is 1. The van der Waals surface area contributed by atoms with Gasteiger partial charge in [-0.25, -0.2) is 14.5 Å². The van der Waals surface area contributed by atoms with E-state index in [-0.39, 0.29) is 12.6 Å². The number of fused-ring (bicyclic) bond motifs is 1. The van der Waals surface area contributed by atoms with Gasteiger partial charge in [0.15, 0.2) is 5.65 Å². The predicted molar refractivity (Wildman–Crippen MR) is 86.7 cm³/mol. The lowest BCUT2D eigenvalue weighted by Crippen LogP contribution is -2.10. The Balaban J connectivity index is 1.86. The molecule has 7 nitrogen and oxygen atoms in total. The molecule has 0 bridgehead atoms. The maximum atomic E-state index is 12.3. The molecule has 0 fully saturated rings. The summed E-state index contributed by atoms with van der Waals surface area (Å²) >= 11 is 6.94. The summed E-state index contributed by atoms with van der Waals surface area (Å²) in [6.45, 7) is 5.80. The van der Waals surface area contributed by atoms with E-state index in [9.17, 15) is 4.79 Å². The molecule has 0 aromatic carbocycles. The monoisotopic (exact) mass is 351 g/mol. The molecule has 0 spiro atoms. The molecule has 0 aliphatic heterocycles. The Kier molecular flexibility index (Phi) is 4.27. The van der Waals surface area contributed by atoms with Crippen LogP contribution in [-0.2, 0) is 11.3 Å². The number of nitrogens with zero attached hydrogens (tertiary/aromatic N) is 5. The highest BCUT2D eigenvalue weighted by molar-refractivity contribution is 7.10. The Bertz CT molecular complexity index is 873. The van der Waals surface area contributed by atoms with Crippen LogP contribution in [-0.4, -0.2) is 30.3 Å². The molecule has 3 aromatic heterocycles. The van der Waals surface area contributed by atoms with E-state index in [2.05, 4.69) is 19.7 Å².